The quantitative estimate of drug-likeness (QED) is 0.406. The first-order valence-corrected chi connectivity index (χ1v) is 1.57. The Labute approximate surface area is 42.4 Å². The molecule has 0 fully saturated rings. The molecule has 1 aromatic heterocycles. The molecule has 0 aliphatic heterocycles. The second-order valence-corrected chi connectivity index (χ2v) is 0.946. The molecule has 4 N–H and O–H groups in total. The van der Waals surface area contributed by atoms with E-state index in [9.17, 15) is 9.59 Å². The van der Waals surface area contributed by atoms with Crippen molar-refractivity contribution in [1.82, 2.24) is 10.1 Å². The van der Waals surface area contributed by atoms with E-state index in [-0.39, 0.29) is 5.48 Å². The van der Waals surface area contributed by atoms with Crippen molar-refractivity contribution in [2.24, 2.45) is 0 Å². The lowest BCUT2D eigenvalue weighted by atomic mass is 11.3. The number of aromatic nitrogens is 2. The SMILES string of the molecule is O.O=c1[nH]oc(=O)[nH]1. The summed E-state index contributed by atoms with van der Waals surface area (Å²) in [5, 5.41) is 1.77. The molecule has 1 heterocycles. The van der Waals surface area contributed by atoms with Crippen LogP contribution in [-0.2, 0) is 0 Å². The summed E-state index contributed by atoms with van der Waals surface area (Å²) in [7, 11) is 0. The molecular weight excluding hydrogens is 116 g/mol. The Hall–Kier alpha value is -1.30. The van der Waals surface area contributed by atoms with E-state index < -0.39 is 11.4 Å². The minimum absolute atomic E-state index is 0. The van der Waals surface area contributed by atoms with Crippen LogP contribution in [0.4, 0.5) is 0 Å². The van der Waals surface area contributed by atoms with E-state index in [2.05, 4.69) is 4.52 Å². The highest BCUT2D eigenvalue weighted by Gasteiger charge is 1.83. The molecule has 0 aliphatic carbocycles. The Bertz CT molecular complexity index is 216. The summed E-state index contributed by atoms with van der Waals surface area (Å²) in [4.78, 5) is 21.5. The number of hydrogen-bond donors (Lipinski definition) is 2. The first-order chi connectivity index (χ1) is 3.29. The summed E-state index contributed by atoms with van der Waals surface area (Å²) in [5.41, 5.74) is -0.620. The Morgan fingerprint density at radius 2 is 2.00 bits per heavy atom. The van der Waals surface area contributed by atoms with Crippen molar-refractivity contribution in [3.8, 4) is 0 Å². The molecule has 0 saturated heterocycles. The van der Waals surface area contributed by atoms with E-state index in [4.69, 9.17) is 0 Å². The number of rotatable bonds is 0. The fraction of sp³-hybridized carbons (Fsp3) is 0. The van der Waals surface area contributed by atoms with Crippen LogP contribution in [-0.4, -0.2) is 15.6 Å². The Balaban J connectivity index is 0.000000490. The van der Waals surface area contributed by atoms with Gasteiger partial charge < -0.3 is 10.00 Å². The molecule has 0 atom stereocenters. The van der Waals surface area contributed by atoms with Gasteiger partial charge in [-0.25, -0.2) is 14.6 Å². The van der Waals surface area contributed by atoms with Gasteiger partial charge in [0.15, 0.2) is 0 Å². The number of H-pyrrole nitrogens is 2. The van der Waals surface area contributed by atoms with Crippen LogP contribution in [0.2, 0.25) is 0 Å². The largest absolute Gasteiger partial charge is 0.439 e. The highest BCUT2D eigenvalue weighted by atomic mass is 16.5. The molecule has 6 heteroatoms. The molecular formula is C2H4N2O4. The summed E-state index contributed by atoms with van der Waals surface area (Å²) in [6.45, 7) is 0. The van der Waals surface area contributed by atoms with Crippen LogP contribution in [0.3, 0.4) is 0 Å². The van der Waals surface area contributed by atoms with Crippen LogP contribution >= 0.6 is 0 Å². The van der Waals surface area contributed by atoms with E-state index in [0.29, 0.717) is 0 Å². The summed E-state index contributed by atoms with van der Waals surface area (Å²) in [6.07, 6.45) is 0. The van der Waals surface area contributed by atoms with Gasteiger partial charge in [0.05, 0.1) is 0 Å². The van der Waals surface area contributed by atoms with Crippen molar-refractivity contribution in [2.75, 3.05) is 0 Å². The predicted octanol–water partition coefficient (Wildman–Crippen LogP) is -2.17. The molecule has 46 valence electrons. The summed E-state index contributed by atoms with van der Waals surface area (Å²) >= 11 is 0. The van der Waals surface area contributed by atoms with E-state index in [1.165, 1.54) is 0 Å². The predicted molar refractivity (Wildman–Crippen MR) is 23.6 cm³/mol. The first kappa shape index (κ1) is 6.70. The van der Waals surface area contributed by atoms with Gasteiger partial charge in [0.1, 0.15) is 0 Å². The van der Waals surface area contributed by atoms with Gasteiger partial charge in [0, 0.05) is 0 Å². The van der Waals surface area contributed by atoms with Gasteiger partial charge in [0.2, 0.25) is 0 Å². The summed E-state index contributed by atoms with van der Waals surface area (Å²) < 4.78 is 3.92. The third-order valence-corrected chi connectivity index (χ3v) is 0.452. The summed E-state index contributed by atoms with van der Waals surface area (Å²) in [5.74, 6) is -0.759. The zero-order chi connectivity index (χ0) is 5.28. The highest BCUT2D eigenvalue weighted by molar-refractivity contribution is 4.46. The highest BCUT2D eigenvalue weighted by Crippen LogP contribution is 1.41. The molecule has 8 heavy (non-hydrogen) atoms. The van der Waals surface area contributed by atoms with Crippen LogP contribution in [0.5, 0.6) is 0 Å². The van der Waals surface area contributed by atoms with Crippen LogP contribution in [0.15, 0.2) is 14.1 Å². The van der Waals surface area contributed by atoms with Gasteiger partial charge in [0.25, 0.3) is 0 Å². The number of nitrogens with one attached hydrogen (secondary N) is 2. The lowest BCUT2D eigenvalue weighted by Crippen LogP contribution is -2.06. The maximum Gasteiger partial charge on any atom is 0.439 e. The van der Waals surface area contributed by atoms with Crippen LogP contribution < -0.4 is 11.4 Å². The molecule has 0 aliphatic rings. The smallest absolute Gasteiger partial charge is 0.412 e. The first-order valence-electron chi connectivity index (χ1n) is 1.57. The van der Waals surface area contributed by atoms with Crippen molar-refractivity contribution >= 4 is 0 Å². The van der Waals surface area contributed by atoms with Gasteiger partial charge in [-0.2, -0.15) is 5.16 Å². The number of aromatic amines is 2. The third-order valence-electron chi connectivity index (χ3n) is 0.452. The molecule has 0 radical (unpaired) electrons. The van der Waals surface area contributed by atoms with E-state index >= 15 is 0 Å². The molecule has 6 nitrogen and oxygen atoms in total. The van der Waals surface area contributed by atoms with Crippen molar-refractivity contribution in [1.29, 1.82) is 0 Å². The molecule has 0 spiro atoms. The maximum absolute atomic E-state index is 9.89. The zero-order valence-electron chi connectivity index (χ0n) is 3.72. The van der Waals surface area contributed by atoms with Crippen molar-refractivity contribution < 1.29 is 10.00 Å². The van der Waals surface area contributed by atoms with Gasteiger partial charge in [-0.1, -0.05) is 0 Å². The monoisotopic (exact) mass is 120 g/mol. The van der Waals surface area contributed by atoms with Crippen molar-refractivity contribution in [2.45, 2.75) is 0 Å². The normalized spacial score (nSPS) is 8.00. The fourth-order valence-corrected chi connectivity index (χ4v) is 0.236. The van der Waals surface area contributed by atoms with Crippen molar-refractivity contribution in [3.63, 3.8) is 0 Å². The molecule has 0 aromatic carbocycles. The topological polar surface area (TPSA) is 110 Å². The summed E-state index contributed by atoms with van der Waals surface area (Å²) in [6, 6.07) is 0. The Kier molecular flexibility index (Phi) is 1.78. The number of hydrogen-bond acceptors (Lipinski definition) is 3. The molecule has 1 aromatic rings. The molecule has 0 bridgehead atoms. The molecule has 0 amide bonds. The van der Waals surface area contributed by atoms with E-state index in [1.807, 2.05) is 0 Å². The van der Waals surface area contributed by atoms with Crippen molar-refractivity contribution in [3.05, 3.63) is 21.0 Å². The minimum Gasteiger partial charge on any atom is -0.412 e. The van der Waals surface area contributed by atoms with Gasteiger partial charge >= 0.3 is 11.4 Å². The van der Waals surface area contributed by atoms with E-state index in [1.54, 1.807) is 10.1 Å². The molecule has 1 rings (SSSR count). The fourth-order valence-electron chi connectivity index (χ4n) is 0.236. The van der Waals surface area contributed by atoms with E-state index in [0.717, 1.165) is 0 Å². The second kappa shape index (κ2) is 2.12. The average molecular weight is 120 g/mol. The maximum atomic E-state index is 9.89. The zero-order valence-corrected chi connectivity index (χ0v) is 3.72. The Morgan fingerprint density at radius 3 is 2.12 bits per heavy atom. The third kappa shape index (κ3) is 1.09. The Morgan fingerprint density at radius 1 is 1.38 bits per heavy atom. The van der Waals surface area contributed by atoms with Gasteiger partial charge in [-0.15, -0.1) is 0 Å². The van der Waals surface area contributed by atoms with Gasteiger partial charge in [-0.3, -0.25) is 0 Å². The van der Waals surface area contributed by atoms with Crippen LogP contribution in [0.1, 0.15) is 0 Å². The lowest BCUT2D eigenvalue weighted by Gasteiger charge is -1.50. The molecule has 0 unspecified atom stereocenters. The lowest BCUT2D eigenvalue weighted by molar-refractivity contribution is 0.382. The second-order valence-electron chi connectivity index (χ2n) is 0.946. The standard InChI is InChI=1S/C2H2N2O3.H2O/c5-1-3-2(6)7-4-1;/h(H2,3,4,5,6);1H2. The van der Waals surface area contributed by atoms with Crippen LogP contribution in [0, 0.1) is 0 Å². The average Bonchev–Trinajstić information content (AvgIpc) is 1.87. The van der Waals surface area contributed by atoms with Crippen LogP contribution in [0.25, 0.3) is 0 Å². The van der Waals surface area contributed by atoms with Gasteiger partial charge in [-0.05, 0) is 0 Å². The molecule has 0 saturated carbocycles. The minimum atomic E-state index is -0.759.